The topological polar surface area (TPSA) is 109 Å². The number of nitrogens with zero attached hydrogens (tertiary/aromatic N) is 4. The maximum absolute atomic E-state index is 12.1. The summed E-state index contributed by atoms with van der Waals surface area (Å²) < 4.78 is 0. The van der Waals surface area contributed by atoms with Crippen molar-refractivity contribution in [1.82, 2.24) is 20.8 Å². The Morgan fingerprint density at radius 1 is 0.926 bits per heavy atom. The number of carbonyl (C=O) groups is 2. The number of thioether (sulfide) groups is 1. The number of carbonyl (C=O) groups excluding carboxylic acids is 2. The molecule has 27 heavy (non-hydrogen) atoms. The summed E-state index contributed by atoms with van der Waals surface area (Å²) in [4.78, 5) is 32.0. The summed E-state index contributed by atoms with van der Waals surface area (Å²) in [5.74, 6) is -0.586. The van der Waals surface area contributed by atoms with E-state index in [0.717, 1.165) is 11.1 Å². The molecule has 0 bridgehead atoms. The second kappa shape index (κ2) is 10.8. The highest BCUT2D eigenvalue weighted by Gasteiger charge is 2.21. The number of aromatic nitrogens is 2. The Labute approximate surface area is 161 Å². The Bertz CT molecular complexity index is 731. The molecule has 2 N–H and O–H groups in total. The van der Waals surface area contributed by atoms with Crippen molar-refractivity contribution in [2.45, 2.75) is 24.3 Å². The summed E-state index contributed by atoms with van der Waals surface area (Å²) >= 11 is 1.21. The van der Waals surface area contributed by atoms with Gasteiger partial charge in [-0.2, -0.15) is 10.2 Å². The number of hydrogen-bond acceptors (Lipinski definition) is 7. The first-order valence-electron chi connectivity index (χ1n) is 8.17. The molecule has 0 saturated carbocycles. The van der Waals surface area contributed by atoms with E-state index in [0.29, 0.717) is 0 Å². The van der Waals surface area contributed by atoms with Crippen molar-refractivity contribution in [3.05, 3.63) is 60.2 Å². The Kier molecular flexibility index (Phi) is 8.11. The number of amides is 2. The molecular weight excluding hydrogens is 364 g/mol. The van der Waals surface area contributed by atoms with Crippen LogP contribution in [0.3, 0.4) is 0 Å². The Balaban J connectivity index is 1.75. The molecular formula is C18H20N6O2S. The van der Waals surface area contributed by atoms with E-state index in [4.69, 9.17) is 0 Å². The highest BCUT2D eigenvalue weighted by Crippen LogP contribution is 2.17. The number of nitrogens with one attached hydrogen (secondary N) is 2. The quantitative estimate of drug-likeness (QED) is 0.531. The molecule has 0 aliphatic heterocycles. The number of pyridine rings is 2. The zero-order valence-electron chi connectivity index (χ0n) is 14.9. The highest BCUT2D eigenvalue weighted by molar-refractivity contribution is 8.01. The van der Waals surface area contributed by atoms with Crippen LogP contribution < -0.4 is 10.9 Å². The van der Waals surface area contributed by atoms with Crippen LogP contribution in [-0.2, 0) is 9.59 Å². The van der Waals surface area contributed by atoms with E-state index in [9.17, 15) is 9.59 Å². The van der Waals surface area contributed by atoms with Crippen LogP contribution in [0.2, 0.25) is 0 Å². The monoisotopic (exact) mass is 384 g/mol. The van der Waals surface area contributed by atoms with Gasteiger partial charge in [0.25, 0.3) is 11.8 Å². The Morgan fingerprint density at radius 3 is 1.74 bits per heavy atom. The molecule has 8 nitrogen and oxygen atoms in total. The first-order chi connectivity index (χ1) is 13.1. The molecule has 2 aromatic rings. The largest absolute Gasteiger partial charge is 0.272 e. The van der Waals surface area contributed by atoms with E-state index >= 15 is 0 Å². The van der Waals surface area contributed by atoms with Crippen LogP contribution in [0.1, 0.15) is 25.0 Å². The summed E-state index contributed by atoms with van der Waals surface area (Å²) in [6.45, 7) is 3.42. The molecule has 0 saturated heterocycles. The minimum atomic E-state index is -0.459. The lowest BCUT2D eigenvalue weighted by Crippen LogP contribution is -2.33. The van der Waals surface area contributed by atoms with E-state index in [1.165, 1.54) is 24.2 Å². The predicted molar refractivity (Wildman–Crippen MR) is 106 cm³/mol. The third-order valence-corrected chi connectivity index (χ3v) is 4.54. The molecule has 0 aliphatic carbocycles. The molecule has 2 atom stereocenters. The highest BCUT2D eigenvalue weighted by atomic mass is 32.2. The zero-order chi connectivity index (χ0) is 19.5. The summed E-state index contributed by atoms with van der Waals surface area (Å²) in [5, 5.41) is 6.86. The average Bonchev–Trinajstić information content (AvgIpc) is 2.69. The third-order valence-electron chi connectivity index (χ3n) is 3.29. The standard InChI is InChI=1S/C18H20N6O2S/c1-13(17(25)23-21-11-15-5-3-7-19-9-15)27-14(2)18(26)24-22-12-16-6-4-8-20-10-16/h3-14H,1-2H3,(H,23,25)(H,24,26)/b21-11-,22-12+/t13-,14-/m0/s1. The van der Waals surface area contributed by atoms with Crippen LogP contribution in [0.25, 0.3) is 0 Å². The minimum Gasteiger partial charge on any atom is -0.272 e. The lowest BCUT2D eigenvalue weighted by molar-refractivity contribution is -0.120. The third kappa shape index (κ3) is 7.37. The van der Waals surface area contributed by atoms with Crippen molar-refractivity contribution in [2.24, 2.45) is 10.2 Å². The van der Waals surface area contributed by atoms with Crippen molar-refractivity contribution in [3.63, 3.8) is 0 Å². The zero-order valence-corrected chi connectivity index (χ0v) is 15.8. The van der Waals surface area contributed by atoms with Crippen LogP contribution in [0.4, 0.5) is 0 Å². The second-order valence-electron chi connectivity index (χ2n) is 5.46. The van der Waals surface area contributed by atoms with Gasteiger partial charge in [0, 0.05) is 35.9 Å². The summed E-state index contributed by atoms with van der Waals surface area (Å²) in [6, 6.07) is 7.19. The van der Waals surface area contributed by atoms with E-state index < -0.39 is 10.5 Å². The fraction of sp³-hybridized carbons (Fsp3) is 0.222. The van der Waals surface area contributed by atoms with E-state index in [1.807, 2.05) is 12.1 Å². The Hall–Kier alpha value is -3.07. The summed E-state index contributed by atoms with van der Waals surface area (Å²) in [6.07, 6.45) is 9.58. The normalized spacial score (nSPS) is 13.4. The first-order valence-corrected chi connectivity index (χ1v) is 9.12. The van der Waals surface area contributed by atoms with Gasteiger partial charge in [0.2, 0.25) is 0 Å². The molecule has 0 fully saturated rings. The van der Waals surface area contributed by atoms with Crippen molar-refractivity contribution in [3.8, 4) is 0 Å². The maximum Gasteiger partial charge on any atom is 0.252 e. The molecule has 0 unspecified atom stereocenters. The van der Waals surface area contributed by atoms with Gasteiger partial charge in [0.15, 0.2) is 0 Å². The van der Waals surface area contributed by atoms with Gasteiger partial charge in [0.1, 0.15) is 0 Å². The van der Waals surface area contributed by atoms with Crippen molar-refractivity contribution < 1.29 is 9.59 Å². The van der Waals surface area contributed by atoms with Gasteiger partial charge in [-0.25, -0.2) is 10.9 Å². The lowest BCUT2D eigenvalue weighted by atomic mass is 10.3. The average molecular weight is 384 g/mol. The van der Waals surface area contributed by atoms with E-state index in [1.54, 1.807) is 50.8 Å². The predicted octanol–water partition coefficient (Wildman–Crippen LogP) is 1.59. The van der Waals surface area contributed by atoms with Gasteiger partial charge in [-0.15, -0.1) is 11.8 Å². The van der Waals surface area contributed by atoms with Crippen molar-refractivity contribution in [1.29, 1.82) is 0 Å². The number of hydrogen-bond donors (Lipinski definition) is 2. The Morgan fingerprint density at radius 2 is 1.37 bits per heavy atom. The van der Waals surface area contributed by atoms with E-state index in [-0.39, 0.29) is 11.8 Å². The van der Waals surface area contributed by atoms with Gasteiger partial charge < -0.3 is 0 Å². The minimum absolute atomic E-state index is 0.293. The molecule has 2 amide bonds. The first kappa shape index (κ1) is 20.2. The molecule has 0 spiro atoms. The smallest absolute Gasteiger partial charge is 0.252 e. The molecule has 2 aromatic heterocycles. The summed E-state index contributed by atoms with van der Waals surface area (Å²) in [7, 11) is 0. The van der Waals surface area contributed by atoms with Crippen LogP contribution >= 0.6 is 11.8 Å². The van der Waals surface area contributed by atoms with Gasteiger partial charge in [-0.05, 0) is 26.0 Å². The van der Waals surface area contributed by atoms with E-state index in [2.05, 4.69) is 31.0 Å². The van der Waals surface area contributed by atoms with Crippen molar-refractivity contribution >= 4 is 36.0 Å². The fourth-order valence-corrected chi connectivity index (χ4v) is 2.82. The molecule has 9 heteroatoms. The van der Waals surface area contributed by atoms with Gasteiger partial charge in [-0.1, -0.05) is 12.1 Å². The lowest BCUT2D eigenvalue weighted by Gasteiger charge is -2.14. The van der Waals surface area contributed by atoms with Gasteiger partial charge >= 0.3 is 0 Å². The van der Waals surface area contributed by atoms with Gasteiger partial charge in [0.05, 0.1) is 22.9 Å². The molecule has 0 aliphatic rings. The van der Waals surface area contributed by atoms with Gasteiger partial charge in [-0.3, -0.25) is 19.6 Å². The molecule has 2 rings (SSSR count). The van der Waals surface area contributed by atoms with Crippen LogP contribution in [-0.4, -0.2) is 44.7 Å². The number of hydrazone groups is 2. The van der Waals surface area contributed by atoms with Crippen LogP contribution in [0.5, 0.6) is 0 Å². The molecule has 0 aromatic carbocycles. The number of rotatable bonds is 8. The maximum atomic E-state index is 12.1. The molecule has 2 heterocycles. The molecule has 140 valence electrons. The SMILES string of the molecule is C[C@H](S[C@@H](C)C(=O)N/N=C/c1cccnc1)C(=O)N/N=C\c1cccnc1. The second-order valence-corrected chi connectivity index (χ2v) is 7.15. The fourth-order valence-electron chi connectivity index (χ4n) is 1.86. The van der Waals surface area contributed by atoms with Crippen LogP contribution in [0.15, 0.2) is 59.3 Å². The van der Waals surface area contributed by atoms with Crippen molar-refractivity contribution in [2.75, 3.05) is 0 Å². The molecule has 0 radical (unpaired) electrons. The summed E-state index contributed by atoms with van der Waals surface area (Å²) in [5.41, 5.74) is 6.46. The van der Waals surface area contributed by atoms with Crippen LogP contribution in [0, 0.1) is 0 Å².